The van der Waals surface area contributed by atoms with E-state index in [-0.39, 0.29) is 17.9 Å². The van der Waals surface area contributed by atoms with Crippen LogP contribution in [-0.4, -0.2) is 54.7 Å². The number of nitrogens with zero attached hydrogens (tertiary/aromatic N) is 1. The lowest BCUT2D eigenvalue weighted by atomic mass is 9.97. The summed E-state index contributed by atoms with van der Waals surface area (Å²) in [6.45, 7) is 2.97. The van der Waals surface area contributed by atoms with Crippen molar-refractivity contribution < 1.29 is 24.2 Å². The number of carbonyl (C=O) groups excluding carboxylic acids is 2. The van der Waals surface area contributed by atoms with Gasteiger partial charge in [-0.15, -0.1) is 0 Å². The van der Waals surface area contributed by atoms with Crippen LogP contribution < -0.4 is 5.32 Å². The number of aliphatic carboxylic acids is 1. The molecule has 114 valence electrons. The van der Waals surface area contributed by atoms with Gasteiger partial charge in [-0.25, -0.2) is 4.79 Å². The minimum Gasteiger partial charge on any atom is -0.481 e. The van der Waals surface area contributed by atoms with Gasteiger partial charge in [-0.1, -0.05) is 6.92 Å². The second-order valence-corrected chi connectivity index (χ2v) is 5.04. The zero-order valence-electron chi connectivity index (χ0n) is 11.9. The molecule has 2 amide bonds. The van der Waals surface area contributed by atoms with Gasteiger partial charge in [0.15, 0.2) is 0 Å². The third kappa shape index (κ3) is 4.71. The maximum atomic E-state index is 11.8. The molecule has 7 heteroatoms. The van der Waals surface area contributed by atoms with Gasteiger partial charge in [0.05, 0.1) is 18.9 Å². The number of hydrogen-bond acceptors (Lipinski definition) is 4. The third-order valence-electron chi connectivity index (χ3n) is 3.59. The van der Waals surface area contributed by atoms with Crippen molar-refractivity contribution in [1.82, 2.24) is 10.2 Å². The molecule has 1 atom stereocenters. The summed E-state index contributed by atoms with van der Waals surface area (Å²) in [5, 5.41) is 11.4. The van der Waals surface area contributed by atoms with Crippen LogP contribution in [0, 0.1) is 11.8 Å². The van der Waals surface area contributed by atoms with Crippen LogP contribution in [0.4, 0.5) is 4.79 Å². The van der Waals surface area contributed by atoms with Gasteiger partial charge in [-0.05, 0) is 19.3 Å². The van der Waals surface area contributed by atoms with Gasteiger partial charge in [0.2, 0.25) is 0 Å². The average molecular weight is 286 g/mol. The predicted octanol–water partition coefficient (Wildman–Crippen LogP) is 0.692. The molecular weight excluding hydrogens is 264 g/mol. The summed E-state index contributed by atoms with van der Waals surface area (Å²) in [6.07, 6.45) is 1.61. The van der Waals surface area contributed by atoms with E-state index in [1.807, 2.05) is 0 Å². The molecule has 1 unspecified atom stereocenters. The highest BCUT2D eigenvalue weighted by atomic mass is 16.5. The summed E-state index contributed by atoms with van der Waals surface area (Å²) in [4.78, 5) is 35.5. The molecule has 7 nitrogen and oxygen atoms in total. The number of methoxy groups -OCH3 is 1. The van der Waals surface area contributed by atoms with E-state index < -0.39 is 11.9 Å². The Morgan fingerprint density at radius 3 is 2.45 bits per heavy atom. The molecule has 0 spiro atoms. The molecule has 0 aromatic heterocycles. The Hall–Kier alpha value is -1.79. The van der Waals surface area contributed by atoms with Crippen LogP contribution in [0.25, 0.3) is 0 Å². The highest BCUT2D eigenvalue weighted by molar-refractivity contribution is 5.76. The fraction of sp³-hybridized carbons (Fsp3) is 0.769. The van der Waals surface area contributed by atoms with Crippen LogP contribution in [0.2, 0.25) is 0 Å². The minimum absolute atomic E-state index is 0.129. The van der Waals surface area contributed by atoms with Gasteiger partial charge in [0, 0.05) is 19.6 Å². The number of esters is 1. The number of amides is 2. The van der Waals surface area contributed by atoms with Crippen LogP contribution in [0.15, 0.2) is 0 Å². The van der Waals surface area contributed by atoms with Crippen molar-refractivity contribution in [3.63, 3.8) is 0 Å². The zero-order chi connectivity index (χ0) is 15.1. The maximum Gasteiger partial charge on any atom is 0.317 e. The van der Waals surface area contributed by atoms with E-state index in [0.717, 1.165) is 0 Å². The van der Waals surface area contributed by atoms with Crippen LogP contribution in [-0.2, 0) is 14.3 Å². The Kier molecular flexibility index (Phi) is 6.27. The number of carboxylic acids is 1. The van der Waals surface area contributed by atoms with E-state index in [9.17, 15) is 14.4 Å². The summed E-state index contributed by atoms with van der Waals surface area (Å²) in [5.41, 5.74) is 0. The second kappa shape index (κ2) is 7.72. The number of hydrogen-bond donors (Lipinski definition) is 2. The standard InChI is InChI=1S/C13H22N2O5/c1-9(11(16)17)3-6-14-13(19)15-7-4-10(5-8-15)12(18)20-2/h9-10H,3-8H2,1-2H3,(H,14,19)(H,16,17). The van der Waals surface area contributed by atoms with Crippen molar-refractivity contribution in [1.29, 1.82) is 0 Å². The Bertz CT molecular complexity index is 364. The first-order valence-electron chi connectivity index (χ1n) is 6.79. The lowest BCUT2D eigenvalue weighted by Gasteiger charge is -2.30. The minimum atomic E-state index is -0.863. The molecule has 0 radical (unpaired) electrons. The number of piperidine rings is 1. The van der Waals surface area contributed by atoms with Gasteiger partial charge < -0.3 is 20.1 Å². The SMILES string of the molecule is COC(=O)C1CCN(C(=O)NCCC(C)C(=O)O)CC1. The molecule has 0 saturated carbocycles. The van der Waals surface area contributed by atoms with Gasteiger partial charge in [-0.2, -0.15) is 0 Å². The summed E-state index contributed by atoms with van der Waals surface area (Å²) in [5.74, 6) is -1.69. The van der Waals surface area contributed by atoms with E-state index in [2.05, 4.69) is 10.1 Å². The zero-order valence-corrected chi connectivity index (χ0v) is 11.9. The number of rotatable bonds is 5. The number of nitrogens with one attached hydrogen (secondary N) is 1. The van der Waals surface area contributed by atoms with E-state index in [1.165, 1.54) is 7.11 Å². The lowest BCUT2D eigenvalue weighted by Crippen LogP contribution is -2.46. The molecule has 1 saturated heterocycles. The first-order valence-corrected chi connectivity index (χ1v) is 6.79. The highest BCUT2D eigenvalue weighted by Crippen LogP contribution is 2.18. The van der Waals surface area contributed by atoms with Gasteiger partial charge >= 0.3 is 18.0 Å². The highest BCUT2D eigenvalue weighted by Gasteiger charge is 2.27. The fourth-order valence-electron chi connectivity index (χ4n) is 2.12. The van der Waals surface area contributed by atoms with Crippen molar-refractivity contribution in [2.24, 2.45) is 11.8 Å². The van der Waals surface area contributed by atoms with Crippen LogP contribution >= 0.6 is 0 Å². The van der Waals surface area contributed by atoms with Gasteiger partial charge in [0.25, 0.3) is 0 Å². The number of urea groups is 1. The largest absolute Gasteiger partial charge is 0.481 e. The first-order chi connectivity index (χ1) is 9.45. The molecule has 0 aromatic rings. The van der Waals surface area contributed by atoms with Crippen molar-refractivity contribution in [2.75, 3.05) is 26.7 Å². The number of carbonyl (C=O) groups is 3. The molecule has 1 rings (SSSR count). The molecule has 0 aromatic carbocycles. The van der Waals surface area contributed by atoms with Gasteiger partial charge in [0.1, 0.15) is 0 Å². The summed E-state index contributed by atoms with van der Waals surface area (Å²) >= 11 is 0. The van der Waals surface area contributed by atoms with Crippen molar-refractivity contribution in [3.8, 4) is 0 Å². The summed E-state index contributed by atoms with van der Waals surface area (Å²) in [6, 6.07) is -0.203. The summed E-state index contributed by atoms with van der Waals surface area (Å²) < 4.78 is 4.69. The topological polar surface area (TPSA) is 95.9 Å². The third-order valence-corrected chi connectivity index (χ3v) is 3.59. The Balaban J connectivity index is 2.26. The van der Waals surface area contributed by atoms with E-state index in [1.54, 1.807) is 11.8 Å². The molecule has 1 fully saturated rings. The number of ether oxygens (including phenoxy) is 1. The van der Waals surface area contributed by atoms with Crippen LogP contribution in [0.3, 0.4) is 0 Å². The normalized spacial score (nSPS) is 17.4. The molecule has 1 heterocycles. The second-order valence-electron chi connectivity index (χ2n) is 5.04. The predicted molar refractivity (Wildman–Crippen MR) is 71.1 cm³/mol. The quantitative estimate of drug-likeness (QED) is 0.725. The van der Waals surface area contributed by atoms with Crippen molar-refractivity contribution >= 4 is 18.0 Å². The Morgan fingerprint density at radius 1 is 1.35 bits per heavy atom. The molecule has 0 bridgehead atoms. The van der Waals surface area contributed by atoms with Crippen LogP contribution in [0.1, 0.15) is 26.2 Å². The smallest absolute Gasteiger partial charge is 0.317 e. The maximum absolute atomic E-state index is 11.8. The van der Waals surface area contributed by atoms with E-state index in [0.29, 0.717) is 38.9 Å². The molecule has 2 N–H and O–H groups in total. The average Bonchev–Trinajstić information content (AvgIpc) is 2.46. The summed E-state index contributed by atoms with van der Waals surface area (Å²) in [7, 11) is 1.37. The van der Waals surface area contributed by atoms with E-state index >= 15 is 0 Å². The van der Waals surface area contributed by atoms with E-state index in [4.69, 9.17) is 5.11 Å². The molecule has 20 heavy (non-hydrogen) atoms. The molecular formula is C13H22N2O5. The van der Waals surface area contributed by atoms with Crippen molar-refractivity contribution in [3.05, 3.63) is 0 Å². The number of carboxylic acid groups (broad SMARTS) is 1. The number of likely N-dealkylation sites (tertiary alicyclic amines) is 1. The molecule has 1 aliphatic rings. The first kappa shape index (κ1) is 16.3. The van der Waals surface area contributed by atoms with Crippen molar-refractivity contribution in [2.45, 2.75) is 26.2 Å². The lowest BCUT2D eigenvalue weighted by molar-refractivity contribution is -0.146. The Labute approximate surface area is 118 Å². The monoisotopic (exact) mass is 286 g/mol. The molecule has 1 aliphatic heterocycles. The molecule has 0 aliphatic carbocycles. The Morgan fingerprint density at radius 2 is 1.95 bits per heavy atom. The van der Waals surface area contributed by atoms with Gasteiger partial charge in [-0.3, -0.25) is 9.59 Å². The van der Waals surface area contributed by atoms with Crippen LogP contribution in [0.5, 0.6) is 0 Å². The fourth-order valence-corrected chi connectivity index (χ4v) is 2.12.